The SMILES string of the molecule is CN(CC(C)(C)O)C(=O)NCC(C)(C)C(=O)O. The number of rotatable bonds is 5. The number of nitrogens with one attached hydrogen (secondary N) is 1. The molecular weight excluding hydrogens is 224 g/mol. The topological polar surface area (TPSA) is 89.9 Å². The lowest BCUT2D eigenvalue weighted by atomic mass is 9.94. The third-order valence-corrected chi connectivity index (χ3v) is 2.23. The maximum atomic E-state index is 11.6. The van der Waals surface area contributed by atoms with Crippen LogP contribution in [0.2, 0.25) is 0 Å². The maximum absolute atomic E-state index is 11.6. The van der Waals surface area contributed by atoms with Crippen LogP contribution in [0.5, 0.6) is 0 Å². The molecule has 3 N–H and O–H groups in total. The van der Waals surface area contributed by atoms with Crippen LogP contribution in [-0.4, -0.2) is 52.9 Å². The van der Waals surface area contributed by atoms with Crippen molar-refractivity contribution in [2.75, 3.05) is 20.1 Å². The van der Waals surface area contributed by atoms with Crippen molar-refractivity contribution in [3.63, 3.8) is 0 Å². The average molecular weight is 246 g/mol. The summed E-state index contributed by atoms with van der Waals surface area (Å²) in [6, 6.07) is -0.401. The van der Waals surface area contributed by atoms with Gasteiger partial charge in [0.15, 0.2) is 0 Å². The molecule has 0 aromatic carbocycles. The molecule has 0 spiro atoms. The number of hydrogen-bond acceptors (Lipinski definition) is 3. The number of nitrogens with zero attached hydrogens (tertiary/aromatic N) is 1. The Balaban J connectivity index is 4.24. The number of carbonyl (C=O) groups excluding carboxylic acids is 1. The van der Waals surface area contributed by atoms with Gasteiger partial charge in [-0.1, -0.05) is 0 Å². The molecule has 0 bridgehead atoms. The van der Waals surface area contributed by atoms with Crippen molar-refractivity contribution in [3.05, 3.63) is 0 Å². The molecule has 2 amide bonds. The first kappa shape index (κ1) is 15.7. The van der Waals surface area contributed by atoms with Gasteiger partial charge in [0.25, 0.3) is 0 Å². The smallest absolute Gasteiger partial charge is 0.317 e. The molecule has 0 unspecified atom stereocenters. The molecule has 0 atom stereocenters. The van der Waals surface area contributed by atoms with Crippen molar-refractivity contribution >= 4 is 12.0 Å². The number of carbonyl (C=O) groups is 2. The lowest BCUT2D eigenvalue weighted by molar-refractivity contribution is -0.146. The van der Waals surface area contributed by atoms with Crippen molar-refractivity contribution in [2.24, 2.45) is 5.41 Å². The van der Waals surface area contributed by atoms with Crippen LogP contribution in [0, 0.1) is 5.41 Å². The van der Waals surface area contributed by atoms with Gasteiger partial charge in [0.2, 0.25) is 0 Å². The second kappa shape index (κ2) is 5.35. The van der Waals surface area contributed by atoms with Gasteiger partial charge in [-0.05, 0) is 27.7 Å². The lowest BCUT2D eigenvalue weighted by Gasteiger charge is -2.27. The highest BCUT2D eigenvalue weighted by Gasteiger charge is 2.28. The Morgan fingerprint density at radius 3 is 2.06 bits per heavy atom. The van der Waals surface area contributed by atoms with Gasteiger partial charge in [-0.25, -0.2) is 4.79 Å². The number of urea groups is 1. The Morgan fingerprint density at radius 2 is 1.71 bits per heavy atom. The summed E-state index contributed by atoms with van der Waals surface area (Å²) >= 11 is 0. The van der Waals surface area contributed by atoms with E-state index in [1.165, 1.54) is 18.7 Å². The van der Waals surface area contributed by atoms with Crippen LogP contribution in [0.4, 0.5) is 4.79 Å². The Hall–Kier alpha value is -1.30. The molecule has 0 saturated carbocycles. The van der Waals surface area contributed by atoms with E-state index in [2.05, 4.69) is 5.32 Å². The van der Waals surface area contributed by atoms with E-state index in [0.29, 0.717) is 0 Å². The van der Waals surface area contributed by atoms with E-state index in [1.54, 1.807) is 20.9 Å². The summed E-state index contributed by atoms with van der Waals surface area (Å²) in [5.41, 5.74) is -1.99. The quantitative estimate of drug-likeness (QED) is 0.659. The van der Waals surface area contributed by atoms with Gasteiger partial charge in [-0.3, -0.25) is 4.79 Å². The van der Waals surface area contributed by atoms with Gasteiger partial charge in [-0.2, -0.15) is 0 Å². The van der Waals surface area contributed by atoms with Crippen molar-refractivity contribution in [2.45, 2.75) is 33.3 Å². The molecule has 0 fully saturated rings. The van der Waals surface area contributed by atoms with Crippen molar-refractivity contribution in [1.29, 1.82) is 0 Å². The van der Waals surface area contributed by atoms with Crippen LogP contribution in [-0.2, 0) is 4.79 Å². The van der Waals surface area contributed by atoms with Crippen LogP contribution >= 0.6 is 0 Å². The number of carboxylic acids is 1. The highest BCUT2D eigenvalue weighted by atomic mass is 16.4. The van der Waals surface area contributed by atoms with E-state index in [-0.39, 0.29) is 13.1 Å². The minimum atomic E-state index is -1.01. The molecule has 0 saturated heterocycles. The van der Waals surface area contributed by atoms with Crippen molar-refractivity contribution in [3.8, 4) is 0 Å². The summed E-state index contributed by atoms with van der Waals surface area (Å²) in [5, 5.41) is 20.9. The van der Waals surface area contributed by atoms with Gasteiger partial charge in [0, 0.05) is 13.6 Å². The van der Waals surface area contributed by atoms with Crippen LogP contribution in [0.25, 0.3) is 0 Å². The predicted octanol–water partition coefficient (Wildman–Crippen LogP) is 0.509. The van der Waals surface area contributed by atoms with E-state index in [4.69, 9.17) is 5.11 Å². The Kier molecular flexibility index (Phi) is 4.94. The molecule has 0 aliphatic carbocycles. The average Bonchev–Trinajstić information content (AvgIpc) is 2.11. The largest absolute Gasteiger partial charge is 0.481 e. The van der Waals surface area contributed by atoms with Crippen LogP contribution in [0.3, 0.4) is 0 Å². The standard InChI is InChI=1S/C11H22N2O4/c1-10(2,8(14)15)6-12-9(16)13(5)7-11(3,4)17/h17H,6-7H2,1-5H3,(H,12,16)(H,14,15). The van der Waals surface area contributed by atoms with E-state index < -0.39 is 23.0 Å². The van der Waals surface area contributed by atoms with Crippen molar-refractivity contribution in [1.82, 2.24) is 10.2 Å². The Labute approximate surface area is 102 Å². The lowest BCUT2D eigenvalue weighted by Crippen LogP contribution is -2.47. The maximum Gasteiger partial charge on any atom is 0.317 e. The second-order valence-corrected chi connectivity index (χ2v) is 5.52. The fourth-order valence-corrected chi connectivity index (χ4v) is 1.16. The van der Waals surface area contributed by atoms with Gasteiger partial charge in [0.1, 0.15) is 0 Å². The van der Waals surface area contributed by atoms with Gasteiger partial charge >= 0.3 is 12.0 Å². The number of hydrogen-bond donors (Lipinski definition) is 3. The predicted molar refractivity (Wildman–Crippen MR) is 63.7 cm³/mol. The zero-order valence-corrected chi connectivity index (χ0v) is 11.1. The third kappa shape index (κ3) is 6.11. The van der Waals surface area contributed by atoms with E-state index in [1.807, 2.05) is 0 Å². The fourth-order valence-electron chi connectivity index (χ4n) is 1.16. The molecule has 0 aromatic heterocycles. The zero-order chi connectivity index (χ0) is 13.9. The number of carboxylic acid groups (broad SMARTS) is 1. The minimum Gasteiger partial charge on any atom is -0.481 e. The first-order valence-corrected chi connectivity index (χ1v) is 5.40. The Bertz CT molecular complexity index is 294. The molecule has 0 aromatic rings. The molecule has 6 nitrogen and oxygen atoms in total. The van der Waals surface area contributed by atoms with Gasteiger partial charge in [-0.15, -0.1) is 0 Å². The summed E-state index contributed by atoms with van der Waals surface area (Å²) in [7, 11) is 1.54. The summed E-state index contributed by atoms with van der Waals surface area (Å²) in [6.45, 7) is 6.47. The summed E-state index contributed by atoms with van der Waals surface area (Å²) in [6.07, 6.45) is 0. The van der Waals surface area contributed by atoms with Crippen LogP contribution in [0.15, 0.2) is 0 Å². The summed E-state index contributed by atoms with van der Waals surface area (Å²) in [4.78, 5) is 23.7. The van der Waals surface area contributed by atoms with Crippen LogP contribution < -0.4 is 5.32 Å². The molecule has 0 radical (unpaired) electrons. The molecule has 0 aliphatic rings. The number of amides is 2. The molecule has 17 heavy (non-hydrogen) atoms. The first-order valence-electron chi connectivity index (χ1n) is 5.40. The normalized spacial score (nSPS) is 12.1. The molecule has 0 heterocycles. The summed E-state index contributed by atoms with van der Waals surface area (Å²) < 4.78 is 0. The molecule has 0 rings (SSSR count). The minimum absolute atomic E-state index is 0.0391. The third-order valence-electron chi connectivity index (χ3n) is 2.23. The highest BCUT2D eigenvalue weighted by Crippen LogP contribution is 2.13. The van der Waals surface area contributed by atoms with E-state index in [0.717, 1.165) is 0 Å². The molecule has 6 heteroatoms. The van der Waals surface area contributed by atoms with Crippen molar-refractivity contribution < 1.29 is 19.8 Å². The van der Waals surface area contributed by atoms with Gasteiger partial charge < -0.3 is 20.4 Å². The highest BCUT2D eigenvalue weighted by molar-refractivity contribution is 5.77. The monoisotopic (exact) mass is 246 g/mol. The molecule has 0 aliphatic heterocycles. The van der Waals surface area contributed by atoms with Gasteiger partial charge in [0.05, 0.1) is 17.6 Å². The van der Waals surface area contributed by atoms with E-state index >= 15 is 0 Å². The number of aliphatic hydroxyl groups is 1. The molecular formula is C11H22N2O4. The number of likely N-dealkylation sites (N-methyl/N-ethyl adjacent to an activating group) is 1. The molecule has 100 valence electrons. The zero-order valence-electron chi connectivity index (χ0n) is 11.1. The summed E-state index contributed by atoms with van der Waals surface area (Å²) in [5.74, 6) is -0.969. The fraction of sp³-hybridized carbons (Fsp3) is 0.818. The second-order valence-electron chi connectivity index (χ2n) is 5.52. The number of aliphatic carboxylic acids is 1. The van der Waals surface area contributed by atoms with Crippen LogP contribution in [0.1, 0.15) is 27.7 Å². The Morgan fingerprint density at radius 1 is 1.24 bits per heavy atom. The first-order chi connectivity index (χ1) is 7.46. The van der Waals surface area contributed by atoms with E-state index in [9.17, 15) is 14.7 Å².